The number of aromatic nitrogens is 2. The quantitative estimate of drug-likeness (QED) is 0.833. The van der Waals surface area contributed by atoms with E-state index in [1.807, 2.05) is 18.2 Å². The van der Waals surface area contributed by atoms with Crippen LogP contribution in [-0.4, -0.2) is 20.6 Å². The number of para-hydroxylation sites is 2. The summed E-state index contributed by atoms with van der Waals surface area (Å²) >= 11 is 0. The third-order valence-corrected chi connectivity index (χ3v) is 2.26. The van der Waals surface area contributed by atoms with Crippen molar-refractivity contribution in [3.05, 3.63) is 30.1 Å². The molecule has 0 unspecified atom stereocenters. The summed E-state index contributed by atoms with van der Waals surface area (Å²) in [5, 5.41) is 17.5. The van der Waals surface area contributed by atoms with Gasteiger partial charge in [-0.25, -0.2) is 4.98 Å². The molecule has 0 radical (unpaired) electrons. The first-order valence-electron chi connectivity index (χ1n) is 4.75. The van der Waals surface area contributed by atoms with Crippen LogP contribution >= 0.6 is 0 Å². The van der Waals surface area contributed by atoms with Crippen molar-refractivity contribution in [3.63, 3.8) is 0 Å². The van der Waals surface area contributed by atoms with Gasteiger partial charge in [-0.05, 0) is 12.1 Å². The fourth-order valence-corrected chi connectivity index (χ4v) is 1.64. The molecular weight excluding hydrogens is 206 g/mol. The van der Waals surface area contributed by atoms with E-state index in [4.69, 9.17) is 10.4 Å². The molecule has 0 aliphatic carbocycles. The van der Waals surface area contributed by atoms with Gasteiger partial charge in [-0.2, -0.15) is 5.26 Å². The predicted octanol–water partition coefficient (Wildman–Crippen LogP) is 1.19. The minimum absolute atomic E-state index is 0.113. The fourth-order valence-electron chi connectivity index (χ4n) is 1.64. The molecule has 1 N–H and O–H groups in total. The molecule has 16 heavy (non-hydrogen) atoms. The van der Waals surface area contributed by atoms with Crippen molar-refractivity contribution in [2.75, 3.05) is 0 Å². The van der Waals surface area contributed by atoms with E-state index >= 15 is 0 Å². The molecule has 0 saturated heterocycles. The summed E-state index contributed by atoms with van der Waals surface area (Å²) in [5.74, 6) is -0.451. The van der Waals surface area contributed by atoms with E-state index < -0.39 is 5.97 Å². The van der Waals surface area contributed by atoms with Gasteiger partial charge < -0.3 is 9.67 Å². The molecule has 0 aliphatic heterocycles. The van der Waals surface area contributed by atoms with Gasteiger partial charge in [0.2, 0.25) is 0 Å². The second kappa shape index (κ2) is 4.03. The maximum absolute atomic E-state index is 10.7. The zero-order valence-electron chi connectivity index (χ0n) is 8.42. The number of benzene rings is 1. The number of hydrogen-bond acceptors (Lipinski definition) is 3. The average molecular weight is 215 g/mol. The van der Waals surface area contributed by atoms with E-state index in [-0.39, 0.29) is 13.0 Å². The fraction of sp³-hybridized carbons (Fsp3) is 0.182. The van der Waals surface area contributed by atoms with E-state index in [0.717, 1.165) is 5.52 Å². The first-order valence-corrected chi connectivity index (χ1v) is 4.75. The number of fused-ring (bicyclic) bond motifs is 1. The van der Waals surface area contributed by atoms with E-state index in [1.54, 1.807) is 16.7 Å². The van der Waals surface area contributed by atoms with Crippen LogP contribution in [0.25, 0.3) is 11.0 Å². The van der Waals surface area contributed by atoms with E-state index in [9.17, 15) is 4.79 Å². The second-order valence-corrected chi connectivity index (χ2v) is 3.33. The van der Waals surface area contributed by atoms with Crippen LogP contribution in [0, 0.1) is 11.3 Å². The predicted molar refractivity (Wildman–Crippen MR) is 56.7 cm³/mol. The maximum atomic E-state index is 10.7. The lowest BCUT2D eigenvalue weighted by molar-refractivity contribution is -0.137. The zero-order valence-corrected chi connectivity index (χ0v) is 8.42. The number of carboxylic acids is 1. The number of nitrogens with zero attached hydrogens (tertiary/aromatic N) is 3. The Hall–Kier alpha value is -2.35. The van der Waals surface area contributed by atoms with E-state index in [2.05, 4.69) is 4.98 Å². The van der Waals surface area contributed by atoms with Gasteiger partial charge >= 0.3 is 5.97 Å². The minimum atomic E-state index is -0.942. The summed E-state index contributed by atoms with van der Waals surface area (Å²) < 4.78 is 1.56. The smallest absolute Gasteiger partial charge is 0.323 e. The minimum Gasteiger partial charge on any atom is -0.480 e. The number of aliphatic carboxylic acids is 1. The molecule has 5 nitrogen and oxygen atoms in total. The van der Waals surface area contributed by atoms with E-state index in [1.165, 1.54) is 0 Å². The van der Waals surface area contributed by atoms with Gasteiger partial charge in [0, 0.05) is 0 Å². The number of nitriles is 1. The molecule has 1 heterocycles. The molecule has 0 amide bonds. The summed E-state index contributed by atoms with van der Waals surface area (Å²) in [4.78, 5) is 15.0. The Balaban J connectivity index is 2.60. The van der Waals surface area contributed by atoms with Crippen molar-refractivity contribution in [2.24, 2.45) is 0 Å². The summed E-state index contributed by atoms with van der Waals surface area (Å²) in [6.45, 7) is -0.169. The molecule has 0 aliphatic rings. The van der Waals surface area contributed by atoms with Gasteiger partial charge in [-0.15, -0.1) is 0 Å². The highest BCUT2D eigenvalue weighted by molar-refractivity contribution is 5.78. The third-order valence-electron chi connectivity index (χ3n) is 2.26. The molecule has 2 rings (SSSR count). The van der Waals surface area contributed by atoms with Crippen molar-refractivity contribution in [1.82, 2.24) is 9.55 Å². The highest BCUT2D eigenvalue weighted by atomic mass is 16.4. The van der Waals surface area contributed by atoms with Gasteiger partial charge in [0.15, 0.2) is 0 Å². The molecule has 0 fully saturated rings. The van der Waals surface area contributed by atoms with Crippen LogP contribution in [0.5, 0.6) is 0 Å². The number of carbonyl (C=O) groups is 1. The van der Waals surface area contributed by atoms with Crippen LogP contribution in [0.15, 0.2) is 24.3 Å². The standard InChI is InChI=1S/C11H9N3O2/c12-6-5-10-13-8-3-1-2-4-9(8)14(10)7-11(15)16/h1-4H,5,7H2,(H,15,16). The Morgan fingerprint density at radius 2 is 2.25 bits per heavy atom. The lowest BCUT2D eigenvalue weighted by Crippen LogP contribution is -2.11. The van der Waals surface area contributed by atoms with Crippen LogP contribution in [0.3, 0.4) is 0 Å². The first kappa shape index (κ1) is 10.2. The lowest BCUT2D eigenvalue weighted by atomic mass is 10.3. The molecule has 1 aromatic carbocycles. The second-order valence-electron chi connectivity index (χ2n) is 3.33. The van der Waals surface area contributed by atoms with E-state index in [0.29, 0.717) is 11.3 Å². The van der Waals surface area contributed by atoms with Gasteiger partial charge in [-0.3, -0.25) is 4.79 Å². The van der Waals surface area contributed by atoms with Gasteiger partial charge in [-0.1, -0.05) is 12.1 Å². The molecule has 5 heteroatoms. The third kappa shape index (κ3) is 1.73. The summed E-state index contributed by atoms with van der Waals surface area (Å²) in [7, 11) is 0. The van der Waals surface area contributed by atoms with Crippen LogP contribution in [0.2, 0.25) is 0 Å². The summed E-state index contributed by atoms with van der Waals surface area (Å²) in [6.07, 6.45) is 0.113. The van der Waals surface area contributed by atoms with Crippen LogP contribution < -0.4 is 0 Å². The van der Waals surface area contributed by atoms with Crippen LogP contribution in [-0.2, 0) is 17.8 Å². The largest absolute Gasteiger partial charge is 0.480 e. The normalized spacial score (nSPS) is 10.2. The highest BCUT2D eigenvalue weighted by Gasteiger charge is 2.11. The molecule has 1 aromatic heterocycles. The van der Waals surface area contributed by atoms with Crippen molar-refractivity contribution in [3.8, 4) is 6.07 Å². The Kier molecular flexibility index (Phi) is 2.56. The average Bonchev–Trinajstić information content (AvgIpc) is 2.57. The molecular formula is C11H9N3O2. The first-order chi connectivity index (χ1) is 7.72. The number of carboxylic acid groups (broad SMARTS) is 1. The molecule has 0 saturated carbocycles. The topological polar surface area (TPSA) is 78.9 Å². The summed E-state index contributed by atoms with van der Waals surface area (Å²) in [6, 6.07) is 9.23. The molecule has 80 valence electrons. The maximum Gasteiger partial charge on any atom is 0.323 e. The lowest BCUT2D eigenvalue weighted by Gasteiger charge is -2.02. The monoisotopic (exact) mass is 215 g/mol. The van der Waals surface area contributed by atoms with Crippen LogP contribution in [0.4, 0.5) is 0 Å². The van der Waals surface area contributed by atoms with Gasteiger partial charge in [0.1, 0.15) is 12.4 Å². The molecule has 2 aromatic rings. The zero-order chi connectivity index (χ0) is 11.5. The van der Waals surface area contributed by atoms with Gasteiger partial charge in [0.25, 0.3) is 0 Å². The van der Waals surface area contributed by atoms with Crippen molar-refractivity contribution in [1.29, 1.82) is 5.26 Å². The Bertz CT molecular complexity index is 580. The highest BCUT2D eigenvalue weighted by Crippen LogP contribution is 2.16. The van der Waals surface area contributed by atoms with Crippen molar-refractivity contribution in [2.45, 2.75) is 13.0 Å². The Morgan fingerprint density at radius 3 is 2.94 bits per heavy atom. The van der Waals surface area contributed by atoms with Crippen LogP contribution in [0.1, 0.15) is 5.82 Å². The Morgan fingerprint density at radius 1 is 1.50 bits per heavy atom. The summed E-state index contributed by atoms with van der Waals surface area (Å²) in [5.41, 5.74) is 1.46. The number of rotatable bonds is 3. The van der Waals surface area contributed by atoms with Gasteiger partial charge in [0.05, 0.1) is 23.5 Å². The number of hydrogen-bond donors (Lipinski definition) is 1. The SMILES string of the molecule is N#CCc1nc2ccccc2n1CC(=O)O. The molecule has 0 spiro atoms. The molecule has 0 bridgehead atoms. The Labute approximate surface area is 91.6 Å². The van der Waals surface area contributed by atoms with Crippen molar-refractivity contribution < 1.29 is 9.90 Å². The van der Waals surface area contributed by atoms with Crippen molar-refractivity contribution >= 4 is 17.0 Å². The number of imidazole rings is 1. The molecule has 0 atom stereocenters.